The lowest BCUT2D eigenvalue weighted by Gasteiger charge is -2.18. The Labute approximate surface area is 167 Å². The van der Waals surface area contributed by atoms with Crippen molar-refractivity contribution in [1.29, 1.82) is 0 Å². The van der Waals surface area contributed by atoms with Crippen molar-refractivity contribution in [3.05, 3.63) is 58.6 Å². The minimum Gasteiger partial charge on any atom is -0.491 e. The van der Waals surface area contributed by atoms with Crippen molar-refractivity contribution in [1.82, 2.24) is 0 Å². The van der Waals surface area contributed by atoms with Gasteiger partial charge in [0, 0.05) is 17.3 Å². The third-order valence-corrected chi connectivity index (χ3v) is 5.48. The molecular formula is C20H22ClF3O2S. The fraction of sp³-hybridized carbons (Fsp3) is 0.400. The van der Waals surface area contributed by atoms with E-state index in [4.69, 9.17) is 21.1 Å². The SMILES string of the molecule is CCOC(COc1ccc(C(F)(F)F)cc1)CSc1ccc(CC)cc1Cl. The van der Waals surface area contributed by atoms with Crippen LogP contribution in [-0.2, 0) is 17.3 Å². The van der Waals surface area contributed by atoms with Gasteiger partial charge in [-0.15, -0.1) is 11.8 Å². The summed E-state index contributed by atoms with van der Waals surface area (Å²) in [6, 6.07) is 10.6. The van der Waals surface area contributed by atoms with Crippen LogP contribution in [0.1, 0.15) is 25.0 Å². The number of benzene rings is 2. The van der Waals surface area contributed by atoms with Crippen molar-refractivity contribution < 1.29 is 22.6 Å². The molecule has 0 aliphatic heterocycles. The fourth-order valence-electron chi connectivity index (χ4n) is 2.37. The molecule has 1 atom stereocenters. The zero-order valence-corrected chi connectivity index (χ0v) is 16.8. The number of alkyl halides is 3. The Kier molecular flexibility index (Phi) is 8.32. The van der Waals surface area contributed by atoms with Crippen LogP contribution < -0.4 is 4.74 Å². The van der Waals surface area contributed by atoms with Crippen LogP contribution in [-0.4, -0.2) is 25.1 Å². The molecule has 2 aromatic rings. The zero-order valence-electron chi connectivity index (χ0n) is 15.2. The molecule has 27 heavy (non-hydrogen) atoms. The minimum absolute atomic E-state index is 0.204. The first-order valence-electron chi connectivity index (χ1n) is 8.66. The second kappa shape index (κ2) is 10.2. The molecule has 2 aromatic carbocycles. The van der Waals surface area contributed by atoms with Crippen molar-refractivity contribution in [2.75, 3.05) is 19.0 Å². The highest BCUT2D eigenvalue weighted by Gasteiger charge is 2.30. The molecule has 7 heteroatoms. The number of halogens is 4. The van der Waals surface area contributed by atoms with Gasteiger partial charge >= 0.3 is 6.18 Å². The number of rotatable bonds is 9. The maximum Gasteiger partial charge on any atom is 0.416 e. The Morgan fingerprint density at radius 3 is 2.33 bits per heavy atom. The number of hydrogen-bond donors (Lipinski definition) is 0. The van der Waals surface area contributed by atoms with E-state index in [1.807, 2.05) is 25.1 Å². The van der Waals surface area contributed by atoms with Gasteiger partial charge in [0.1, 0.15) is 18.5 Å². The van der Waals surface area contributed by atoms with E-state index in [2.05, 4.69) is 6.92 Å². The largest absolute Gasteiger partial charge is 0.491 e. The van der Waals surface area contributed by atoms with E-state index in [9.17, 15) is 13.2 Å². The molecule has 0 aliphatic carbocycles. The summed E-state index contributed by atoms with van der Waals surface area (Å²) in [5.41, 5.74) is 0.480. The smallest absolute Gasteiger partial charge is 0.416 e. The maximum atomic E-state index is 12.6. The molecule has 0 saturated carbocycles. The van der Waals surface area contributed by atoms with Gasteiger partial charge in [0.05, 0.1) is 10.6 Å². The summed E-state index contributed by atoms with van der Waals surface area (Å²) in [6.45, 7) is 4.72. The van der Waals surface area contributed by atoms with Crippen LogP contribution in [0.25, 0.3) is 0 Å². The molecule has 0 aromatic heterocycles. The van der Waals surface area contributed by atoms with Crippen LogP contribution in [0.15, 0.2) is 47.4 Å². The van der Waals surface area contributed by atoms with E-state index in [-0.39, 0.29) is 12.7 Å². The summed E-state index contributed by atoms with van der Waals surface area (Å²) in [5, 5.41) is 0.707. The summed E-state index contributed by atoms with van der Waals surface area (Å²) in [5.74, 6) is 1.00. The molecule has 0 N–H and O–H groups in total. The van der Waals surface area contributed by atoms with Crippen LogP contribution in [0.3, 0.4) is 0 Å². The molecule has 2 rings (SSSR count). The van der Waals surface area contributed by atoms with Gasteiger partial charge in [0.2, 0.25) is 0 Å². The first kappa shape index (κ1) is 21.9. The third kappa shape index (κ3) is 6.94. The topological polar surface area (TPSA) is 18.5 Å². The van der Waals surface area contributed by atoms with Crippen molar-refractivity contribution in [3.63, 3.8) is 0 Å². The predicted octanol–water partition coefficient (Wildman–Crippen LogP) is 6.50. The van der Waals surface area contributed by atoms with E-state index in [0.29, 0.717) is 23.1 Å². The van der Waals surface area contributed by atoms with Gasteiger partial charge in [-0.25, -0.2) is 0 Å². The van der Waals surface area contributed by atoms with E-state index < -0.39 is 11.7 Å². The average molecular weight is 419 g/mol. The summed E-state index contributed by atoms with van der Waals surface area (Å²) in [4.78, 5) is 0.966. The zero-order chi connectivity index (χ0) is 19.9. The second-order valence-electron chi connectivity index (χ2n) is 5.84. The standard InChI is InChI=1S/C20H22ClF3O2S/c1-3-14-5-10-19(18(21)11-14)27-13-17(25-4-2)12-26-16-8-6-15(7-9-16)20(22,23)24/h5-11,17H,3-4,12-13H2,1-2H3. The predicted molar refractivity (Wildman–Crippen MR) is 104 cm³/mol. The number of thioether (sulfide) groups is 1. The normalized spacial score (nSPS) is 12.8. The van der Waals surface area contributed by atoms with E-state index in [1.165, 1.54) is 17.7 Å². The third-order valence-electron chi connectivity index (χ3n) is 3.85. The molecular weight excluding hydrogens is 397 g/mol. The Morgan fingerprint density at radius 2 is 1.78 bits per heavy atom. The van der Waals surface area contributed by atoms with Crippen molar-refractivity contribution in [3.8, 4) is 5.75 Å². The number of aryl methyl sites for hydroxylation is 1. The van der Waals surface area contributed by atoms with Crippen molar-refractivity contribution in [2.45, 2.75) is 37.4 Å². The lowest BCUT2D eigenvalue weighted by Crippen LogP contribution is -2.24. The van der Waals surface area contributed by atoms with Gasteiger partial charge in [-0.05, 0) is 55.3 Å². The molecule has 0 fully saturated rings. The van der Waals surface area contributed by atoms with Gasteiger partial charge in [0.25, 0.3) is 0 Å². The molecule has 2 nitrogen and oxygen atoms in total. The van der Waals surface area contributed by atoms with Gasteiger partial charge in [-0.1, -0.05) is 24.6 Å². The monoisotopic (exact) mass is 418 g/mol. The Morgan fingerprint density at radius 1 is 1.07 bits per heavy atom. The molecule has 1 unspecified atom stereocenters. The number of ether oxygens (including phenoxy) is 2. The molecule has 0 bridgehead atoms. The van der Waals surface area contributed by atoms with Gasteiger partial charge < -0.3 is 9.47 Å². The Hall–Kier alpha value is -1.37. The Bertz CT molecular complexity index is 720. The van der Waals surface area contributed by atoms with Crippen LogP contribution in [0.5, 0.6) is 5.75 Å². The van der Waals surface area contributed by atoms with Crippen LogP contribution >= 0.6 is 23.4 Å². The molecule has 0 spiro atoms. The summed E-state index contributed by atoms with van der Waals surface area (Å²) in [6.07, 6.45) is -3.63. The van der Waals surface area contributed by atoms with Crippen LogP contribution in [0.2, 0.25) is 5.02 Å². The lowest BCUT2D eigenvalue weighted by molar-refractivity contribution is -0.137. The molecule has 0 heterocycles. The quantitative estimate of drug-likeness (QED) is 0.433. The molecule has 0 saturated heterocycles. The average Bonchev–Trinajstić information content (AvgIpc) is 2.64. The van der Waals surface area contributed by atoms with Crippen LogP contribution in [0, 0.1) is 0 Å². The molecule has 0 radical (unpaired) electrons. The first-order chi connectivity index (χ1) is 12.8. The summed E-state index contributed by atoms with van der Waals surface area (Å²) in [7, 11) is 0. The number of hydrogen-bond acceptors (Lipinski definition) is 3. The molecule has 148 valence electrons. The highest BCUT2D eigenvalue weighted by molar-refractivity contribution is 7.99. The summed E-state index contributed by atoms with van der Waals surface area (Å²) >= 11 is 7.88. The van der Waals surface area contributed by atoms with Crippen LogP contribution in [0.4, 0.5) is 13.2 Å². The first-order valence-corrected chi connectivity index (χ1v) is 10.0. The van der Waals surface area contributed by atoms with Crippen molar-refractivity contribution >= 4 is 23.4 Å². The fourth-order valence-corrected chi connectivity index (χ4v) is 3.66. The maximum absolute atomic E-state index is 12.6. The van der Waals surface area contributed by atoms with E-state index >= 15 is 0 Å². The highest BCUT2D eigenvalue weighted by Crippen LogP contribution is 2.31. The van der Waals surface area contributed by atoms with Gasteiger partial charge in [0.15, 0.2) is 0 Å². The van der Waals surface area contributed by atoms with Crippen molar-refractivity contribution in [2.24, 2.45) is 0 Å². The second-order valence-corrected chi connectivity index (χ2v) is 7.31. The highest BCUT2D eigenvalue weighted by atomic mass is 35.5. The van der Waals surface area contributed by atoms with E-state index in [1.54, 1.807) is 11.8 Å². The molecule has 0 amide bonds. The van der Waals surface area contributed by atoms with Gasteiger partial charge in [-0.2, -0.15) is 13.2 Å². The van der Waals surface area contributed by atoms with E-state index in [0.717, 1.165) is 23.4 Å². The molecule has 0 aliphatic rings. The van der Waals surface area contributed by atoms with Gasteiger partial charge in [-0.3, -0.25) is 0 Å². The lowest BCUT2D eigenvalue weighted by atomic mass is 10.2. The Balaban J connectivity index is 1.91. The summed E-state index contributed by atoms with van der Waals surface area (Å²) < 4.78 is 49.1. The minimum atomic E-state index is -4.35.